The number of nitrogens with zero attached hydrogens (tertiary/aromatic N) is 1. The average Bonchev–Trinajstić information content (AvgIpc) is 2.84. The molecule has 3 aromatic rings. The Morgan fingerprint density at radius 3 is 2.44 bits per heavy atom. The third kappa shape index (κ3) is 5.13. The molecule has 186 valence electrons. The number of carbonyl (C=O) groups excluding carboxylic acids is 2. The quantitative estimate of drug-likeness (QED) is 0.391. The number of hydrogen-bond donors (Lipinski definition) is 2. The molecule has 3 aromatic carbocycles. The van der Waals surface area contributed by atoms with Crippen molar-refractivity contribution in [1.29, 1.82) is 0 Å². The van der Waals surface area contributed by atoms with Crippen LogP contribution in [0, 0.1) is 6.92 Å². The Kier molecular flexibility index (Phi) is 7.15. The van der Waals surface area contributed by atoms with Crippen LogP contribution in [0.25, 0.3) is 16.9 Å². The van der Waals surface area contributed by atoms with Gasteiger partial charge in [0.15, 0.2) is 0 Å². The zero-order valence-electron chi connectivity index (χ0n) is 21.5. The second kappa shape index (κ2) is 10.3. The number of anilines is 3. The summed E-state index contributed by atoms with van der Waals surface area (Å²) in [5, 5.41) is 6.58. The maximum Gasteiger partial charge on any atom is 0.224 e. The molecular weight excluding hydrogens is 450 g/mol. The summed E-state index contributed by atoms with van der Waals surface area (Å²) in [4.78, 5) is 26.0. The molecule has 1 aliphatic heterocycles. The summed E-state index contributed by atoms with van der Waals surface area (Å²) in [6.07, 6.45) is 0.772. The summed E-state index contributed by atoms with van der Waals surface area (Å²) < 4.78 is 5.29. The average molecular weight is 484 g/mol. The number of carbonyl (C=O) groups is 2. The van der Waals surface area contributed by atoms with E-state index < -0.39 is 0 Å². The normalized spacial score (nSPS) is 16.6. The van der Waals surface area contributed by atoms with Gasteiger partial charge in [0.05, 0.1) is 13.2 Å². The van der Waals surface area contributed by atoms with Crippen LogP contribution in [0.1, 0.15) is 49.9 Å². The van der Waals surface area contributed by atoms with Gasteiger partial charge in [-0.25, -0.2) is 0 Å². The van der Waals surface area contributed by atoms with Gasteiger partial charge in [0.25, 0.3) is 0 Å². The second-order valence-electron chi connectivity index (χ2n) is 9.36. The monoisotopic (exact) mass is 483 g/mol. The highest BCUT2D eigenvalue weighted by molar-refractivity contribution is 5.94. The van der Waals surface area contributed by atoms with Crippen molar-refractivity contribution in [2.45, 2.75) is 46.2 Å². The van der Waals surface area contributed by atoms with Gasteiger partial charge < -0.3 is 20.3 Å². The molecule has 2 atom stereocenters. The number of rotatable bonds is 6. The number of aryl methyl sites for hydroxylation is 1. The molecule has 0 saturated carbocycles. The minimum absolute atomic E-state index is 0.0132. The molecule has 0 aliphatic carbocycles. The first-order chi connectivity index (χ1) is 17.2. The van der Waals surface area contributed by atoms with E-state index in [0.29, 0.717) is 5.76 Å². The van der Waals surface area contributed by atoms with Crippen molar-refractivity contribution in [2.24, 2.45) is 0 Å². The van der Waals surface area contributed by atoms with Gasteiger partial charge in [-0.3, -0.25) is 9.59 Å². The van der Waals surface area contributed by atoms with Crippen LogP contribution >= 0.6 is 0 Å². The molecule has 36 heavy (non-hydrogen) atoms. The molecular formula is C30H33N3O3. The predicted octanol–water partition coefficient (Wildman–Crippen LogP) is 6.54. The van der Waals surface area contributed by atoms with Gasteiger partial charge in [0.2, 0.25) is 11.8 Å². The molecule has 2 N–H and O–H groups in total. The lowest BCUT2D eigenvalue weighted by Gasteiger charge is -2.40. The molecule has 0 aromatic heterocycles. The first-order valence-corrected chi connectivity index (χ1v) is 12.1. The van der Waals surface area contributed by atoms with Crippen molar-refractivity contribution in [3.63, 3.8) is 0 Å². The van der Waals surface area contributed by atoms with Gasteiger partial charge >= 0.3 is 0 Å². The lowest BCUT2D eigenvalue weighted by molar-refractivity contribution is -0.117. The van der Waals surface area contributed by atoms with Gasteiger partial charge in [-0.2, -0.15) is 0 Å². The summed E-state index contributed by atoms with van der Waals surface area (Å²) in [7, 11) is 1.62. The van der Waals surface area contributed by atoms with Crippen LogP contribution in [0.15, 0.2) is 67.2 Å². The van der Waals surface area contributed by atoms with Crippen molar-refractivity contribution in [2.75, 3.05) is 22.6 Å². The summed E-state index contributed by atoms with van der Waals surface area (Å²) >= 11 is 0. The van der Waals surface area contributed by atoms with E-state index in [1.54, 1.807) is 14.0 Å². The van der Waals surface area contributed by atoms with Crippen molar-refractivity contribution in [3.8, 4) is 11.1 Å². The van der Waals surface area contributed by atoms with Gasteiger partial charge in [-0.1, -0.05) is 24.8 Å². The smallest absolute Gasteiger partial charge is 0.224 e. The van der Waals surface area contributed by atoms with E-state index in [-0.39, 0.29) is 23.9 Å². The van der Waals surface area contributed by atoms with Crippen LogP contribution in [0.3, 0.4) is 0 Å². The Morgan fingerprint density at radius 2 is 1.78 bits per heavy atom. The molecule has 0 saturated heterocycles. The van der Waals surface area contributed by atoms with Crippen LogP contribution in [-0.4, -0.2) is 25.0 Å². The fraction of sp³-hybridized carbons (Fsp3) is 0.267. The first-order valence-electron chi connectivity index (χ1n) is 12.1. The maximum atomic E-state index is 12.6. The Labute approximate surface area is 213 Å². The number of nitrogens with one attached hydrogen (secondary N) is 2. The van der Waals surface area contributed by atoms with E-state index in [0.717, 1.165) is 51.3 Å². The van der Waals surface area contributed by atoms with Crippen LogP contribution in [-0.2, 0) is 14.3 Å². The fourth-order valence-electron chi connectivity index (χ4n) is 4.94. The van der Waals surface area contributed by atoms with E-state index in [2.05, 4.69) is 49.3 Å². The van der Waals surface area contributed by atoms with Crippen LogP contribution < -0.4 is 15.5 Å². The Hall–Kier alpha value is -4.06. The topological polar surface area (TPSA) is 70.7 Å². The summed E-state index contributed by atoms with van der Waals surface area (Å²) in [5.41, 5.74) is 7.82. The number of benzene rings is 3. The minimum Gasteiger partial charge on any atom is -0.497 e. The molecule has 0 bridgehead atoms. The van der Waals surface area contributed by atoms with Crippen molar-refractivity contribution in [1.82, 2.24) is 0 Å². The highest BCUT2D eigenvalue weighted by atomic mass is 16.5. The number of fused-ring (bicyclic) bond motifs is 1. The summed E-state index contributed by atoms with van der Waals surface area (Å²) in [5.74, 6) is 0.550. The fourth-order valence-corrected chi connectivity index (χ4v) is 4.94. The standard InChI is InChI=1S/C30H33N3O3/c1-18-14-23(20(3)36-6)10-12-28(18)32-29-15-19(2)33(22(5)35)30-13-11-25(17-27(29)30)24-8-7-9-26(16-24)31-21(4)34/h7-14,16-17,19,29,32H,3,15H2,1-2,4-6H3,(H,31,34)/t19-,29+/m0/s1. The zero-order chi connectivity index (χ0) is 26.0. The maximum absolute atomic E-state index is 12.6. The molecule has 0 radical (unpaired) electrons. The van der Waals surface area contributed by atoms with Gasteiger partial charge in [-0.05, 0) is 85.0 Å². The van der Waals surface area contributed by atoms with Crippen molar-refractivity contribution >= 4 is 34.6 Å². The predicted molar refractivity (Wildman–Crippen MR) is 147 cm³/mol. The molecule has 4 rings (SSSR count). The van der Waals surface area contributed by atoms with E-state index in [9.17, 15) is 9.59 Å². The van der Waals surface area contributed by atoms with Crippen molar-refractivity contribution < 1.29 is 14.3 Å². The van der Waals surface area contributed by atoms with Gasteiger partial charge in [-0.15, -0.1) is 0 Å². The van der Waals surface area contributed by atoms with Crippen LogP contribution in [0.4, 0.5) is 17.1 Å². The third-order valence-electron chi connectivity index (χ3n) is 6.66. The molecule has 0 fully saturated rings. The molecule has 1 aliphatic rings. The van der Waals surface area contributed by atoms with E-state index in [4.69, 9.17) is 4.74 Å². The summed E-state index contributed by atoms with van der Waals surface area (Å²) in [6.45, 7) is 11.2. The number of amides is 2. The second-order valence-corrected chi connectivity index (χ2v) is 9.36. The Balaban J connectivity index is 1.74. The molecule has 0 spiro atoms. The Bertz CT molecular complexity index is 1330. The summed E-state index contributed by atoms with van der Waals surface area (Å²) in [6, 6.07) is 20.2. The van der Waals surface area contributed by atoms with Crippen LogP contribution in [0.5, 0.6) is 0 Å². The van der Waals surface area contributed by atoms with Crippen LogP contribution in [0.2, 0.25) is 0 Å². The van der Waals surface area contributed by atoms with E-state index in [1.165, 1.54) is 6.92 Å². The van der Waals surface area contributed by atoms with E-state index >= 15 is 0 Å². The lowest BCUT2D eigenvalue weighted by Crippen LogP contribution is -2.43. The van der Waals surface area contributed by atoms with Gasteiger partial charge in [0.1, 0.15) is 5.76 Å². The molecule has 0 unspecified atom stereocenters. The zero-order valence-corrected chi connectivity index (χ0v) is 21.5. The third-order valence-corrected chi connectivity index (χ3v) is 6.66. The van der Waals surface area contributed by atoms with E-state index in [1.807, 2.05) is 47.4 Å². The van der Waals surface area contributed by atoms with Crippen molar-refractivity contribution in [3.05, 3.63) is 83.9 Å². The minimum atomic E-state index is -0.108. The lowest BCUT2D eigenvalue weighted by atomic mass is 9.88. The first kappa shape index (κ1) is 25.0. The van der Waals surface area contributed by atoms with Gasteiger partial charge in [0, 0.05) is 42.5 Å². The molecule has 6 nitrogen and oxygen atoms in total. The number of methoxy groups -OCH3 is 1. The highest BCUT2D eigenvalue weighted by Crippen LogP contribution is 2.42. The highest BCUT2D eigenvalue weighted by Gasteiger charge is 2.33. The Morgan fingerprint density at radius 1 is 1.03 bits per heavy atom. The molecule has 1 heterocycles. The SMILES string of the molecule is C=C(OC)c1ccc(N[C@@H]2C[C@H](C)N(C(C)=O)c3ccc(-c4cccc(NC(C)=O)c4)cc32)c(C)c1. The molecule has 2 amide bonds. The largest absolute Gasteiger partial charge is 0.497 e. The number of hydrogen-bond acceptors (Lipinski definition) is 4. The molecule has 6 heteroatoms. The number of ether oxygens (including phenoxy) is 1.